The number of aliphatic carboxylic acids is 1. The number of piperidine rings is 1. The first kappa shape index (κ1) is 50.4. The van der Waals surface area contributed by atoms with E-state index in [1.54, 1.807) is 31.2 Å². The van der Waals surface area contributed by atoms with E-state index in [0.717, 1.165) is 62.0 Å². The average molecular weight is 863 g/mol. The summed E-state index contributed by atoms with van der Waals surface area (Å²) in [4.78, 5) is 52.5. The second-order valence-electron chi connectivity index (χ2n) is 14.5. The third-order valence-electron chi connectivity index (χ3n) is 10.8. The van der Waals surface area contributed by atoms with Gasteiger partial charge in [-0.1, -0.05) is 37.3 Å². The molecule has 6 N–H and O–H groups in total. The zero-order valence-electron chi connectivity index (χ0n) is 35.9. The Morgan fingerprint density at radius 3 is 1.95 bits per heavy atom. The van der Waals surface area contributed by atoms with Crippen LogP contribution in [0.3, 0.4) is 0 Å². The zero-order chi connectivity index (χ0) is 39.8. The summed E-state index contributed by atoms with van der Waals surface area (Å²) in [6.07, 6.45) is 6.36. The largest absolute Gasteiger partial charge is 1.00 e. The van der Waals surface area contributed by atoms with Crippen LogP contribution in [0, 0.1) is 5.92 Å². The van der Waals surface area contributed by atoms with Gasteiger partial charge in [-0.25, -0.2) is 13.2 Å². The first-order valence-electron chi connectivity index (χ1n) is 19.2. The molecule has 2 aliphatic rings. The van der Waals surface area contributed by atoms with Crippen LogP contribution in [0.1, 0.15) is 96.9 Å². The van der Waals surface area contributed by atoms with E-state index in [4.69, 9.17) is 5.11 Å². The van der Waals surface area contributed by atoms with Crippen molar-refractivity contribution in [1.82, 2.24) is 4.31 Å². The fourth-order valence-electron chi connectivity index (χ4n) is 7.60. The molecule has 4 aromatic carbocycles. The van der Waals surface area contributed by atoms with E-state index in [2.05, 4.69) is 15.5 Å². The van der Waals surface area contributed by atoms with Crippen LogP contribution in [0.25, 0.3) is 0 Å². The minimum absolute atomic E-state index is 0. The molecular weight excluding hydrogens is 811 g/mol. The summed E-state index contributed by atoms with van der Waals surface area (Å²) < 4.78 is 29.1. The quantitative estimate of drug-likeness (QED) is 0.132. The van der Waals surface area contributed by atoms with Gasteiger partial charge < -0.3 is 34.1 Å². The fraction of sp³-hybridized carbons (Fsp3) is 0.349. The van der Waals surface area contributed by atoms with Crippen LogP contribution in [0.5, 0.6) is 0 Å². The Labute approximate surface area is 413 Å². The van der Waals surface area contributed by atoms with Gasteiger partial charge in [0.1, 0.15) is 0 Å². The third-order valence-corrected chi connectivity index (χ3v) is 12.8. The van der Waals surface area contributed by atoms with Gasteiger partial charge >= 0.3 is 92.9 Å². The molecule has 6 rings (SSSR count). The summed E-state index contributed by atoms with van der Waals surface area (Å²) in [5.74, 6) is -3.29. The van der Waals surface area contributed by atoms with Crippen molar-refractivity contribution in [1.29, 1.82) is 0 Å². The smallest absolute Gasteiger partial charge is 1.00 e. The number of amides is 2. The molecule has 59 heavy (non-hydrogen) atoms. The molecule has 1 saturated heterocycles. The number of carboxylic acids is 2. The van der Waals surface area contributed by atoms with Crippen LogP contribution in [0.15, 0.2) is 95.9 Å². The summed E-state index contributed by atoms with van der Waals surface area (Å²) in [6, 6.07) is 25.1. The van der Waals surface area contributed by atoms with Gasteiger partial charge in [0, 0.05) is 42.6 Å². The predicted molar refractivity (Wildman–Crippen MR) is 221 cm³/mol. The Balaban J connectivity index is 0.00000372. The minimum Gasteiger partial charge on any atom is -1.00 e. The number of anilines is 3. The van der Waals surface area contributed by atoms with Crippen molar-refractivity contribution in [2.24, 2.45) is 5.92 Å². The number of aryl methyl sites for hydroxylation is 2. The topological polar surface area (TPSA) is 205 Å². The van der Waals surface area contributed by atoms with Crippen LogP contribution in [0.2, 0.25) is 0 Å². The summed E-state index contributed by atoms with van der Waals surface area (Å²) in [5, 5.41) is 24.4. The molecule has 1 saturated carbocycles. The van der Waals surface area contributed by atoms with Crippen LogP contribution >= 0.6 is 0 Å². The molecule has 1 heterocycles. The molecule has 0 radical (unpaired) electrons. The zero-order valence-corrected chi connectivity index (χ0v) is 39.9. The van der Waals surface area contributed by atoms with Gasteiger partial charge in [-0.15, -0.1) is 0 Å². The number of carboxylic acid groups (broad SMARTS) is 2. The summed E-state index contributed by atoms with van der Waals surface area (Å²) >= 11 is 0. The average Bonchev–Trinajstić information content (AvgIpc) is 3.21. The maximum atomic E-state index is 13.9. The molecule has 13 nitrogen and oxygen atoms in total. The molecule has 16 heteroatoms. The Hall–Kier alpha value is -2.93. The molecule has 0 spiro atoms. The summed E-state index contributed by atoms with van der Waals surface area (Å²) in [5.41, 5.74) is 4.38. The van der Waals surface area contributed by atoms with Gasteiger partial charge in [-0.2, -0.15) is 4.31 Å². The molecule has 2 amide bonds. The number of benzene rings is 4. The standard InChI is InChI=1S/C43H48N4O8S.K.Na.H2O.2H/c1-2-47(35-21-17-32(18-22-35)43(52)53)56(54,55)37-8-6-7-33(27-37)40(48)45-39-24-23-36(46-25-4-3-5-26-46)28-38(39)41(49)44-34-19-13-30(14-20-34)10-9-29-11-15-31(16-12-29)42(50)51;;;;;/h6-8,11-16,19-20,23-24,27-28,32,35H,2-5,9-10,17-18,21-22,25-26H2,1H3,(H,44,49)(H,45,48)(H,50,51)(H,52,53);;;1H2;;/q;2*+1;;2*-1. The van der Waals surface area contributed by atoms with Crippen LogP contribution < -0.4 is 96.5 Å². The Morgan fingerprint density at radius 2 is 1.37 bits per heavy atom. The number of nitrogens with zero attached hydrogens (tertiary/aromatic N) is 2. The molecular formula is C43H52KN4NaO9S. The van der Waals surface area contributed by atoms with E-state index in [9.17, 15) is 32.7 Å². The maximum Gasteiger partial charge on any atom is 1.00 e. The number of aromatic carboxylic acids is 1. The van der Waals surface area contributed by atoms with Crippen molar-refractivity contribution >= 4 is 50.8 Å². The number of rotatable bonds is 14. The maximum absolute atomic E-state index is 13.9. The molecule has 0 unspecified atom stereocenters. The molecule has 306 valence electrons. The van der Waals surface area contributed by atoms with Crippen molar-refractivity contribution in [2.45, 2.75) is 75.6 Å². The van der Waals surface area contributed by atoms with Gasteiger partial charge in [0.05, 0.1) is 27.6 Å². The Kier molecular flexibility index (Phi) is 19.9. The number of hydrogen-bond donors (Lipinski definition) is 4. The van der Waals surface area contributed by atoms with Crippen molar-refractivity contribution in [3.05, 3.63) is 119 Å². The molecule has 1 aliphatic heterocycles. The van der Waals surface area contributed by atoms with E-state index in [0.29, 0.717) is 31.4 Å². The van der Waals surface area contributed by atoms with Gasteiger partial charge in [-0.3, -0.25) is 14.4 Å². The van der Waals surface area contributed by atoms with Gasteiger partial charge in [0.25, 0.3) is 11.8 Å². The first-order valence-corrected chi connectivity index (χ1v) is 20.6. The fourth-order valence-corrected chi connectivity index (χ4v) is 9.34. The molecule has 2 fully saturated rings. The van der Waals surface area contributed by atoms with Gasteiger partial charge in [-0.05, 0) is 130 Å². The number of sulfonamides is 1. The van der Waals surface area contributed by atoms with Gasteiger partial charge in [0.2, 0.25) is 10.0 Å². The van der Waals surface area contributed by atoms with E-state index >= 15 is 0 Å². The van der Waals surface area contributed by atoms with Crippen LogP contribution in [-0.2, 0) is 27.7 Å². The minimum atomic E-state index is -4.00. The van der Waals surface area contributed by atoms with Crippen molar-refractivity contribution < 1.29 is 127 Å². The third kappa shape index (κ3) is 13.0. The second kappa shape index (κ2) is 23.3. The van der Waals surface area contributed by atoms with Crippen molar-refractivity contribution in [3.8, 4) is 0 Å². The van der Waals surface area contributed by atoms with Crippen molar-refractivity contribution in [3.63, 3.8) is 0 Å². The monoisotopic (exact) mass is 862 g/mol. The van der Waals surface area contributed by atoms with E-state index < -0.39 is 39.7 Å². The second-order valence-corrected chi connectivity index (χ2v) is 16.4. The van der Waals surface area contributed by atoms with Gasteiger partial charge in [0.15, 0.2) is 0 Å². The van der Waals surface area contributed by atoms with E-state index in [1.165, 1.54) is 28.6 Å². The molecule has 0 aromatic heterocycles. The predicted octanol–water partition coefficient (Wildman–Crippen LogP) is 0.727. The van der Waals surface area contributed by atoms with Crippen LogP contribution in [-0.4, -0.2) is 77.8 Å². The molecule has 0 atom stereocenters. The van der Waals surface area contributed by atoms with E-state index in [1.807, 2.05) is 42.5 Å². The van der Waals surface area contributed by atoms with Crippen molar-refractivity contribution in [2.75, 3.05) is 35.2 Å². The number of carbonyl (C=O) groups excluding carboxylic acids is 2. The Bertz CT molecular complexity index is 2190. The normalized spacial score (nSPS) is 16.4. The number of nitrogens with one attached hydrogen (secondary N) is 2. The SMILES string of the molecule is CCN(C1CCC(C(=O)O)CC1)S(=O)(=O)c1cccc(C(=O)Nc2ccc(N3CCCCC3)cc2C(=O)Nc2ccc(CCc3ccc(C(=O)O)cc3)cc2)c1.O.[H-].[H-].[K+].[Na+]. The Morgan fingerprint density at radius 1 is 0.763 bits per heavy atom. The summed E-state index contributed by atoms with van der Waals surface area (Å²) in [6.45, 7) is 3.67. The number of hydrogen-bond acceptors (Lipinski definition) is 7. The molecule has 1 aliphatic carbocycles. The first-order chi connectivity index (χ1) is 26.9. The number of carbonyl (C=O) groups is 4. The molecule has 0 bridgehead atoms. The summed E-state index contributed by atoms with van der Waals surface area (Å²) in [7, 11) is -4.00. The van der Waals surface area contributed by atoms with E-state index in [-0.39, 0.29) is 129 Å². The molecule has 4 aromatic rings. The van der Waals surface area contributed by atoms with Crippen LogP contribution in [0.4, 0.5) is 17.1 Å².